The van der Waals surface area contributed by atoms with E-state index in [1.807, 2.05) is 77.1 Å². The number of aliphatic carboxylic acids is 3. The molecule has 0 bridgehead atoms. The molecule has 0 radical (unpaired) electrons. The second kappa shape index (κ2) is 48.6. The first-order valence-electron chi connectivity index (χ1n) is 49.0. The molecule has 0 saturated heterocycles. The van der Waals surface area contributed by atoms with Crippen molar-refractivity contribution in [2.24, 2.45) is 21.7 Å². The number of benzene rings is 2. The number of nitrogens with zero attached hydrogens (tertiary/aromatic N) is 9. The molecule has 28 heteroatoms. The van der Waals surface area contributed by atoms with E-state index < -0.39 is 23.5 Å². The number of hydrogen-bond acceptors (Lipinski definition) is 20. The monoisotopic (exact) mass is 1920 g/mol. The fourth-order valence-corrected chi connectivity index (χ4v) is 17.4. The van der Waals surface area contributed by atoms with Crippen LogP contribution in [0.5, 0.6) is 0 Å². The molecule has 8 aromatic heterocycles. The van der Waals surface area contributed by atoms with E-state index in [0.717, 1.165) is 216 Å². The normalized spacial score (nSPS) is 15.7. The molecular weight excluding hydrogens is 1780 g/mol. The SMILES string of the molecule is CCOC(=O)Cc1ccc(CC(=O)c2ncc(C)[nH]2)c(C2=CCC(C)(C)CC2)n1.Cc1cnc(C(=O)Cc2ccc(/C=C/C(=O)O)cc2C2=CCCCC2)[nH]1.Cc1cnc(C(=O)Cc2ccc(C(C)(C)OCCN(C)C)cc2C2=CCC(C)(C)CC2)[nH]1.Cc1cnc(C(=O)Cc2ccc(CC(=O)O)nc2C2=CCC(C)(C)CC2)[nH]1.Cc1cnc(C(=O)Cc2ccc(CC(=O)O)nc2C2=CCC(C)(C)CC2)[nH]1. The largest absolute Gasteiger partial charge is 0.481 e. The van der Waals surface area contributed by atoms with Crippen molar-refractivity contribution in [2.75, 3.05) is 33.9 Å². The number of allylic oxidation sites excluding steroid dienone is 10. The summed E-state index contributed by atoms with van der Waals surface area (Å²) in [6, 6.07) is 23.0. The van der Waals surface area contributed by atoms with Crippen LogP contribution < -0.4 is 0 Å². The molecule has 0 saturated carbocycles. The predicted octanol–water partition coefficient (Wildman–Crippen LogP) is 21.5. The maximum absolute atomic E-state index is 12.9. The lowest BCUT2D eigenvalue weighted by atomic mass is 9.76. The number of Topliss-reactive ketones (excluding diaryl/α,β-unsaturated/α-hetero) is 5. The summed E-state index contributed by atoms with van der Waals surface area (Å²) in [5.74, 6) is -1.56. The summed E-state index contributed by atoms with van der Waals surface area (Å²) in [5.41, 5.74) is 23.6. The number of aromatic nitrogens is 13. The van der Waals surface area contributed by atoms with Crippen molar-refractivity contribution < 1.29 is 67.9 Å². The van der Waals surface area contributed by atoms with E-state index in [0.29, 0.717) is 71.3 Å². The zero-order valence-corrected chi connectivity index (χ0v) is 85.3. The Kier molecular flexibility index (Phi) is 37.2. The van der Waals surface area contributed by atoms with Crippen molar-refractivity contribution in [3.63, 3.8) is 0 Å². The first kappa shape index (κ1) is 108. The number of ketones is 5. The number of hydrogen-bond donors (Lipinski definition) is 8. The van der Waals surface area contributed by atoms with E-state index in [1.165, 1.54) is 23.1 Å². The summed E-state index contributed by atoms with van der Waals surface area (Å²) in [5, 5.41) is 27.0. The molecule has 15 rings (SSSR count). The second-order valence-electron chi connectivity index (χ2n) is 41.6. The van der Waals surface area contributed by atoms with E-state index in [4.69, 9.17) is 29.8 Å². The maximum Gasteiger partial charge on any atom is 0.328 e. The van der Waals surface area contributed by atoms with Gasteiger partial charge in [0.25, 0.3) is 0 Å². The van der Waals surface area contributed by atoms with Crippen LogP contribution in [0, 0.1) is 56.3 Å². The first-order chi connectivity index (χ1) is 66.7. The average molecular weight is 1920 g/mol. The number of rotatable bonds is 34. The lowest BCUT2D eigenvalue weighted by molar-refractivity contribution is -0.142. The molecule has 0 spiro atoms. The highest BCUT2D eigenvalue weighted by molar-refractivity contribution is 5.98. The van der Waals surface area contributed by atoms with Crippen molar-refractivity contribution in [2.45, 2.75) is 270 Å². The Bertz CT molecular complexity index is 6250. The zero-order chi connectivity index (χ0) is 102. The van der Waals surface area contributed by atoms with E-state index in [1.54, 1.807) is 56.1 Å². The van der Waals surface area contributed by atoms with Gasteiger partial charge in [0.2, 0.25) is 28.9 Å². The summed E-state index contributed by atoms with van der Waals surface area (Å²) in [6.45, 7) is 35.4. The molecule has 5 aliphatic rings. The first-order valence-corrected chi connectivity index (χ1v) is 49.0. The zero-order valence-electron chi connectivity index (χ0n) is 85.3. The van der Waals surface area contributed by atoms with Crippen molar-refractivity contribution in [1.82, 2.24) is 69.7 Å². The molecule has 2 aromatic carbocycles. The van der Waals surface area contributed by atoms with Gasteiger partial charge in [0.05, 0.1) is 72.2 Å². The minimum atomic E-state index is -0.976. The summed E-state index contributed by atoms with van der Waals surface area (Å²) >= 11 is 0. The van der Waals surface area contributed by atoms with Crippen molar-refractivity contribution in [1.29, 1.82) is 0 Å². The van der Waals surface area contributed by atoms with Crippen LogP contribution in [-0.4, -0.2) is 172 Å². The highest BCUT2D eigenvalue weighted by Crippen LogP contribution is 2.44. The number of pyridine rings is 3. The van der Waals surface area contributed by atoms with Gasteiger partial charge in [0.1, 0.15) is 0 Å². The van der Waals surface area contributed by atoms with Crippen LogP contribution in [-0.2, 0) is 85.6 Å². The van der Waals surface area contributed by atoms with E-state index in [2.05, 4.69) is 197 Å². The van der Waals surface area contributed by atoms with Crippen LogP contribution in [0.15, 0.2) is 140 Å². The van der Waals surface area contributed by atoms with Crippen LogP contribution in [0.1, 0.15) is 345 Å². The van der Waals surface area contributed by atoms with Crippen molar-refractivity contribution in [3.8, 4) is 0 Å². The van der Waals surface area contributed by atoms with Crippen molar-refractivity contribution >= 4 is 86.7 Å². The molecule has 0 fully saturated rings. The lowest BCUT2D eigenvalue weighted by Crippen LogP contribution is -2.27. The Hall–Kier alpha value is -13.5. The van der Waals surface area contributed by atoms with Gasteiger partial charge in [-0.25, -0.2) is 29.7 Å². The van der Waals surface area contributed by atoms with Gasteiger partial charge in [-0.05, 0) is 308 Å². The fourth-order valence-electron chi connectivity index (χ4n) is 17.4. The Labute approximate surface area is 827 Å². The minimum absolute atomic E-state index is 0.0188. The number of aromatic amines is 5. The smallest absolute Gasteiger partial charge is 0.328 e. The summed E-state index contributed by atoms with van der Waals surface area (Å²) in [7, 11) is 4.11. The predicted molar refractivity (Wildman–Crippen MR) is 548 cm³/mol. The van der Waals surface area contributed by atoms with Gasteiger partial charge in [-0.2, -0.15) is 0 Å². The molecule has 8 heterocycles. The van der Waals surface area contributed by atoms with Crippen LogP contribution >= 0.6 is 0 Å². The molecule has 0 amide bonds. The van der Waals surface area contributed by atoms with Gasteiger partial charge >= 0.3 is 23.9 Å². The summed E-state index contributed by atoms with van der Waals surface area (Å²) < 4.78 is 11.3. The van der Waals surface area contributed by atoms with E-state index in [-0.39, 0.29) is 96.1 Å². The molecule has 5 aliphatic carbocycles. The van der Waals surface area contributed by atoms with Gasteiger partial charge in [-0.3, -0.25) is 53.3 Å². The number of carboxylic acids is 3. The number of H-pyrrole nitrogens is 5. The van der Waals surface area contributed by atoms with Gasteiger partial charge < -0.3 is 54.6 Å². The van der Waals surface area contributed by atoms with Gasteiger partial charge in [0.15, 0.2) is 29.1 Å². The maximum atomic E-state index is 12.9. The highest BCUT2D eigenvalue weighted by Gasteiger charge is 2.33. The van der Waals surface area contributed by atoms with Gasteiger partial charge in [-0.1, -0.05) is 128 Å². The van der Waals surface area contributed by atoms with Crippen LogP contribution in [0.4, 0.5) is 0 Å². The van der Waals surface area contributed by atoms with Crippen LogP contribution in [0.25, 0.3) is 33.9 Å². The standard InChI is InChI=1S/C27H39N3O2.C23H29N3O3.2C21H25N3O3.C21H22N2O3/c1-19-18-28-25(29-19)24(31)16-21-8-9-22(27(4,5)32-15-14-30(6)7)17-23(21)20-10-12-26(2,3)13-11-20;1-5-29-20(28)13-18-7-6-17(12-19(27)22-24-14-15(2)25-22)21(26-18)16-8-10-23(3,4)11-9-16;2*1-13-12-22-20(23-13)17(25)10-15-4-5-16(11-18(26)27)24-19(15)14-6-8-21(2,3)9-7-14;1-14-13-22-21(23-14)19(24)12-17-9-7-15(8-10-20(25)26)11-18(17)16-5-3-2-4-6-16/h8-10,17-18H,11-16H2,1-7H3,(H,28,29);6-8,14H,5,9-13H2,1-4H3,(H,24,25);2*4-6,12H,7-11H2,1-3H3,(H,22,23)(H,26,27);5,7-11,13H,2-4,6,12H2,1H3,(H,22,23)(H,25,26)/b;;;;10-8+. The number of aryl methyl sites for hydroxylation is 5. The van der Waals surface area contributed by atoms with E-state index >= 15 is 0 Å². The Morgan fingerprint density at radius 1 is 0.411 bits per heavy atom. The highest BCUT2D eigenvalue weighted by atomic mass is 16.5. The van der Waals surface area contributed by atoms with E-state index in [9.17, 15) is 43.2 Å². The number of ether oxygens (including phenoxy) is 2. The van der Waals surface area contributed by atoms with Crippen LogP contribution in [0.2, 0.25) is 0 Å². The van der Waals surface area contributed by atoms with Gasteiger partial charge in [-0.15, -0.1) is 0 Å². The molecule has 141 heavy (non-hydrogen) atoms. The van der Waals surface area contributed by atoms with Crippen LogP contribution in [0.3, 0.4) is 0 Å². The Balaban J connectivity index is 0.000000169. The molecule has 0 unspecified atom stereocenters. The number of carbonyl (C=O) groups is 9. The summed E-state index contributed by atoms with van der Waals surface area (Å²) in [6.07, 6.45) is 39.4. The number of nitrogens with one attached hydrogen (secondary N) is 5. The number of likely N-dealkylation sites (N-methyl/N-ethyl adjacent to an activating group) is 1. The Morgan fingerprint density at radius 3 is 1.06 bits per heavy atom. The van der Waals surface area contributed by atoms with Gasteiger partial charge in [0, 0.05) is 104 Å². The minimum Gasteiger partial charge on any atom is -0.481 e. The van der Waals surface area contributed by atoms with Crippen molar-refractivity contribution in [3.05, 3.63) is 282 Å². The topological polar surface area (TPSA) is 418 Å². The molecule has 0 atom stereocenters. The average Bonchev–Trinajstić information content (AvgIpc) is 1.12. The molecule has 746 valence electrons. The second-order valence-corrected chi connectivity index (χ2v) is 41.6. The number of esters is 1. The molecular formula is C113H140N14O14. The number of imidazole rings is 5. The third-order valence-corrected chi connectivity index (χ3v) is 26.1. The third-order valence-electron chi connectivity index (χ3n) is 26.1. The quantitative estimate of drug-likeness (QED) is 0.0105. The molecule has 8 N–H and O–H groups in total. The number of carboxylic acid groups (broad SMARTS) is 3. The number of carbonyl (C=O) groups excluding carboxylic acids is 6. The summed E-state index contributed by atoms with van der Waals surface area (Å²) in [4.78, 5) is 160. The third kappa shape index (κ3) is 32.5. The lowest BCUT2D eigenvalue weighted by Gasteiger charge is -2.31. The fraction of sp³-hybridized carbons (Fsp3) is 0.442. The molecule has 10 aromatic rings. The Morgan fingerprint density at radius 2 is 0.745 bits per heavy atom. The molecule has 28 nitrogen and oxygen atoms in total. The molecule has 0 aliphatic heterocycles.